The molecule has 1 aromatic carbocycles. The van der Waals surface area contributed by atoms with E-state index in [-0.39, 0.29) is 17.5 Å². The highest BCUT2D eigenvalue weighted by Gasteiger charge is 2.51. The number of rotatable bonds is 5. The van der Waals surface area contributed by atoms with Crippen LogP contribution in [0, 0.1) is 11.3 Å². The second kappa shape index (κ2) is 7.27. The molecule has 2 N–H and O–H groups in total. The number of alkyl halides is 3. The molecule has 0 saturated heterocycles. The molecule has 30 heavy (non-hydrogen) atoms. The van der Waals surface area contributed by atoms with Crippen molar-refractivity contribution in [1.82, 2.24) is 15.3 Å². The maximum atomic E-state index is 13.1. The lowest BCUT2D eigenvalue weighted by molar-refractivity contribution is -0.137. The fraction of sp³-hybridized carbons (Fsp3) is 0.429. The number of benzene rings is 1. The fourth-order valence-electron chi connectivity index (χ4n) is 3.89. The van der Waals surface area contributed by atoms with Gasteiger partial charge in [-0.15, -0.1) is 0 Å². The zero-order valence-electron chi connectivity index (χ0n) is 16.1. The molecule has 1 aromatic heterocycles. The zero-order chi connectivity index (χ0) is 21.4. The van der Waals surface area contributed by atoms with Gasteiger partial charge < -0.3 is 10.6 Å². The standard InChI is InChI=1S/C21H20F3N5O/c22-21(23,24)14-4-3-5-15(12-14)27-18-26-11-6-16(28-18)20(7-1-2-8-20)17(30)29-19(13-25)9-10-19/h3-6,11-12H,1-2,7-10H2,(H,29,30)(H,26,27,28). The number of carbonyl (C=O) groups is 1. The van der Waals surface area contributed by atoms with E-state index < -0.39 is 22.7 Å². The van der Waals surface area contributed by atoms with Gasteiger partial charge >= 0.3 is 6.18 Å². The van der Waals surface area contributed by atoms with E-state index in [0.717, 1.165) is 25.0 Å². The van der Waals surface area contributed by atoms with Crippen LogP contribution in [0.2, 0.25) is 0 Å². The molecule has 0 spiro atoms. The van der Waals surface area contributed by atoms with E-state index >= 15 is 0 Å². The molecule has 6 nitrogen and oxygen atoms in total. The van der Waals surface area contributed by atoms with E-state index in [1.807, 2.05) is 0 Å². The zero-order valence-corrected chi connectivity index (χ0v) is 16.1. The topological polar surface area (TPSA) is 90.7 Å². The van der Waals surface area contributed by atoms with Crippen molar-refractivity contribution in [1.29, 1.82) is 5.26 Å². The smallest absolute Gasteiger partial charge is 0.337 e. The summed E-state index contributed by atoms with van der Waals surface area (Å²) in [5.41, 5.74) is -1.70. The first-order chi connectivity index (χ1) is 14.3. The molecular weight excluding hydrogens is 395 g/mol. The highest BCUT2D eigenvalue weighted by atomic mass is 19.4. The number of nitrogens with zero attached hydrogens (tertiary/aromatic N) is 3. The Balaban J connectivity index is 1.60. The predicted molar refractivity (Wildman–Crippen MR) is 103 cm³/mol. The summed E-state index contributed by atoms with van der Waals surface area (Å²) in [6, 6.07) is 8.60. The van der Waals surface area contributed by atoms with Gasteiger partial charge in [-0.2, -0.15) is 18.4 Å². The third-order valence-corrected chi connectivity index (χ3v) is 5.80. The average Bonchev–Trinajstić information content (AvgIpc) is 3.31. The van der Waals surface area contributed by atoms with Gasteiger partial charge in [0.2, 0.25) is 11.9 Å². The monoisotopic (exact) mass is 415 g/mol. The van der Waals surface area contributed by atoms with Gasteiger partial charge in [0.25, 0.3) is 0 Å². The number of hydrogen-bond donors (Lipinski definition) is 2. The van der Waals surface area contributed by atoms with E-state index in [2.05, 4.69) is 26.7 Å². The average molecular weight is 415 g/mol. The minimum Gasteiger partial charge on any atom is -0.337 e. The summed E-state index contributed by atoms with van der Waals surface area (Å²) in [4.78, 5) is 21.7. The molecule has 1 heterocycles. The highest BCUT2D eigenvalue weighted by Crippen LogP contribution is 2.43. The van der Waals surface area contributed by atoms with Crippen LogP contribution < -0.4 is 10.6 Å². The molecule has 1 amide bonds. The number of aromatic nitrogens is 2. The van der Waals surface area contributed by atoms with E-state index in [1.54, 1.807) is 6.07 Å². The van der Waals surface area contributed by atoms with E-state index in [4.69, 9.17) is 0 Å². The highest BCUT2D eigenvalue weighted by molar-refractivity contribution is 5.89. The largest absolute Gasteiger partial charge is 0.416 e. The minimum absolute atomic E-state index is 0.118. The van der Waals surface area contributed by atoms with Gasteiger partial charge in [0.1, 0.15) is 5.54 Å². The Morgan fingerprint density at radius 2 is 1.87 bits per heavy atom. The SMILES string of the molecule is N#CC1(NC(=O)C2(c3ccnc(Nc4cccc(C(F)(F)F)c4)n3)CCCC2)CC1. The number of carbonyl (C=O) groups excluding carboxylic acids is 1. The van der Waals surface area contributed by atoms with Crippen LogP contribution in [0.1, 0.15) is 49.8 Å². The molecule has 2 aromatic rings. The normalized spacial score (nSPS) is 19.0. The molecule has 0 aliphatic heterocycles. The summed E-state index contributed by atoms with van der Waals surface area (Å²) < 4.78 is 38.9. The lowest BCUT2D eigenvalue weighted by Gasteiger charge is -2.28. The summed E-state index contributed by atoms with van der Waals surface area (Å²) in [5.74, 6) is -0.102. The fourth-order valence-corrected chi connectivity index (χ4v) is 3.89. The molecule has 2 saturated carbocycles. The molecule has 4 rings (SSSR count). The first-order valence-corrected chi connectivity index (χ1v) is 9.78. The van der Waals surface area contributed by atoms with Crippen LogP contribution in [-0.4, -0.2) is 21.4 Å². The number of halogens is 3. The number of nitrogens with one attached hydrogen (secondary N) is 2. The van der Waals surface area contributed by atoms with Gasteiger partial charge in [0.15, 0.2) is 0 Å². The summed E-state index contributed by atoms with van der Waals surface area (Å²) >= 11 is 0. The second-order valence-electron chi connectivity index (χ2n) is 7.91. The van der Waals surface area contributed by atoms with Crippen LogP contribution in [-0.2, 0) is 16.4 Å². The van der Waals surface area contributed by atoms with Crippen molar-refractivity contribution >= 4 is 17.5 Å². The van der Waals surface area contributed by atoms with Crippen molar-refractivity contribution in [3.05, 3.63) is 47.8 Å². The molecule has 2 fully saturated rings. The Hall–Kier alpha value is -3.15. The number of nitriles is 1. The Bertz CT molecular complexity index is 1000. The molecule has 0 unspecified atom stereocenters. The minimum atomic E-state index is -4.45. The van der Waals surface area contributed by atoms with Crippen LogP contribution >= 0.6 is 0 Å². The van der Waals surface area contributed by atoms with Gasteiger partial charge in [0, 0.05) is 11.9 Å². The van der Waals surface area contributed by atoms with Gasteiger partial charge in [-0.3, -0.25) is 4.79 Å². The molecule has 2 aliphatic rings. The van der Waals surface area contributed by atoms with Crippen molar-refractivity contribution < 1.29 is 18.0 Å². The first kappa shape index (κ1) is 20.1. The van der Waals surface area contributed by atoms with Crippen LogP contribution in [0.25, 0.3) is 0 Å². The van der Waals surface area contributed by atoms with Crippen molar-refractivity contribution in [3.63, 3.8) is 0 Å². The third-order valence-electron chi connectivity index (χ3n) is 5.80. The Morgan fingerprint density at radius 1 is 1.13 bits per heavy atom. The number of anilines is 2. The molecule has 9 heteroatoms. The number of amides is 1. The van der Waals surface area contributed by atoms with E-state index in [1.165, 1.54) is 18.3 Å². The van der Waals surface area contributed by atoms with Crippen molar-refractivity contribution in [3.8, 4) is 6.07 Å². The summed E-state index contributed by atoms with van der Waals surface area (Å²) in [7, 11) is 0. The molecule has 0 atom stereocenters. The lowest BCUT2D eigenvalue weighted by Crippen LogP contribution is -2.48. The second-order valence-corrected chi connectivity index (χ2v) is 7.91. The Labute approximate surface area is 171 Å². The predicted octanol–water partition coefficient (Wildman–Crippen LogP) is 4.22. The maximum absolute atomic E-state index is 13.1. The van der Waals surface area contributed by atoms with Crippen LogP contribution in [0.15, 0.2) is 36.5 Å². The van der Waals surface area contributed by atoms with Gasteiger partial charge in [-0.25, -0.2) is 9.97 Å². The Morgan fingerprint density at radius 3 is 2.50 bits per heavy atom. The molecular formula is C21H20F3N5O. The molecule has 0 bridgehead atoms. The number of hydrogen-bond acceptors (Lipinski definition) is 5. The molecule has 2 aliphatic carbocycles. The lowest BCUT2D eigenvalue weighted by atomic mass is 9.81. The molecule has 156 valence electrons. The van der Waals surface area contributed by atoms with E-state index in [9.17, 15) is 23.2 Å². The van der Waals surface area contributed by atoms with Crippen LogP contribution in [0.5, 0.6) is 0 Å². The van der Waals surface area contributed by atoms with Crippen molar-refractivity contribution in [2.45, 2.75) is 55.7 Å². The van der Waals surface area contributed by atoms with Crippen molar-refractivity contribution in [2.24, 2.45) is 0 Å². The maximum Gasteiger partial charge on any atom is 0.416 e. The van der Waals surface area contributed by atoms with Gasteiger partial charge in [-0.05, 0) is 49.9 Å². The van der Waals surface area contributed by atoms with Crippen LogP contribution in [0.4, 0.5) is 24.8 Å². The third kappa shape index (κ3) is 3.82. The quantitative estimate of drug-likeness (QED) is 0.763. The molecule has 0 radical (unpaired) electrons. The summed E-state index contributed by atoms with van der Waals surface area (Å²) in [6.45, 7) is 0. The van der Waals surface area contributed by atoms with Crippen LogP contribution in [0.3, 0.4) is 0 Å². The summed E-state index contributed by atoms with van der Waals surface area (Å²) in [5, 5.41) is 15.0. The Kier molecular flexibility index (Phi) is 4.88. The summed E-state index contributed by atoms with van der Waals surface area (Å²) in [6.07, 6.45) is 1.21. The first-order valence-electron chi connectivity index (χ1n) is 9.78. The van der Waals surface area contributed by atoms with Gasteiger partial charge in [0.05, 0.1) is 22.7 Å². The van der Waals surface area contributed by atoms with Gasteiger partial charge in [-0.1, -0.05) is 18.9 Å². The van der Waals surface area contributed by atoms with E-state index in [0.29, 0.717) is 31.4 Å². The van der Waals surface area contributed by atoms with Crippen molar-refractivity contribution in [2.75, 3.05) is 5.32 Å².